The molecule has 30 heavy (non-hydrogen) atoms. The summed E-state index contributed by atoms with van der Waals surface area (Å²) in [6.45, 7) is 2.09. The number of unbranched alkanes of at least 4 members (excludes halogenated alkanes) is 2. The van der Waals surface area contributed by atoms with Crippen LogP contribution < -0.4 is 16.4 Å². The van der Waals surface area contributed by atoms with E-state index in [1.165, 1.54) is 6.20 Å². The van der Waals surface area contributed by atoms with E-state index in [2.05, 4.69) is 27.5 Å². The molecule has 0 bridgehead atoms. The topological polar surface area (TPSA) is 109 Å². The van der Waals surface area contributed by atoms with E-state index in [9.17, 15) is 9.59 Å². The van der Waals surface area contributed by atoms with Crippen molar-refractivity contribution in [3.05, 3.63) is 66.4 Å². The Labute approximate surface area is 175 Å². The number of pyridine rings is 1. The molecule has 4 N–H and O–H groups in total. The van der Waals surface area contributed by atoms with Crippen LogP contribution >= 0.6 is 0 Å². The van der Waals surface area contributed by atoms with E-state index in [1.807, 2.05) is 18.2 Å². The lowest BCUT2D eigenvalue weighted by Gasteiger charge is -2.11. The van der Waals surface area contributed by atoms with Gasteiger partial charge in [-0.25, -0.2) is 4.99 Å². The molecule has 0 aliphatic heterocycles. The van der Waals surface area contributed by atoms with E-state index in [0.29, 0.717) is 34.3 Å². The summed E-state index contributed by atoms with van der Waals surface area (Å²) in [4.78, 5) is 33.5. The molecule has 0 atom stereocenters. The molecule has 0 aliphatic carbocycles. The van der Waals surface area contributed by atoms with Crippen molar-refractivity contribution in [3.8, 4) is 0 Å². The third kappa shape index (κ3) is 5.41. The van der Waals surface area contributed by atoms with Gasteiger partial charge < -0.3 is 11.1 Å². The lowest BCUT2D eigenvalue weighted by molar-refractivity contribution is -0.116. The fraction of sp³-hybridized carbons (Fsp3) is 0.217. The highest BCUT2D eigenvalue weighted by Gasteiger charge is 2.14. The van der Waals surface area contributed by atoms with Gasteiger partial charge in [-0.1, -0.05) is 50.1 Å². The van der Waals surface area contributed by atoms with Crippen LogP contribution in [0.2, 0.25) is 0 Å². The van der Waals surface area contributed by atoms with Crippen molar-refractivity contribution in [2.75, 3.05) is 5.32 Å². The molecule has 0 spiro atoms. The highest BCUT2D eigenvalue weighted by molar-refractivity contribution is 6.14. The number of aliphatic imine (C=N–C) groups is 1. The molecule has 7 nitrogen and oxygen atoms in total. The van der Waals surface area contributed by atoms with Crippen LogP contribution in [-0.4, -0.2) is 22.8 Å². The zero-order valence-corrected chi connectivity index (χ0v) is 16.9. The van der Waals surface area contributed by atoms with E-state index in [0.717, 1.165) is 19.3 Å². The first kappa shape index (κ1) is 21.0. The quantitative estimate of drug-likeness (QED) is 0.313. The molecule has 0 saturated heterocycles. The molecule has 0 fully saturated rings. The molecule has 1 aromatic heterocycles. The fourth-order valence-electron chi connectivity index (χ4n) is 3.08. The van der Waals surface area contributed by atoms with Gasteiger partial charge in [0.15, 0.2) is 0 Å². The highest BCUT2D eigenvalue weighted by Crippen LogP contribution is 2.24. The highest BCUT2D eigenvalue weighted by atomic mass is 16.2. The summed E-state index contributed by atoms with van der Waals surface area (Å²) in [5.74, 6) is -0.464. The SMILES string of the molecule is CCCCCC(=O)Nc1cccc2c(C(=O)NC(N)=Nc3ccccc3)ccnc12. The van der Waals surface area contributed by atoms with Gasteiger partial charge in [0.25, 0.3) is 5.91 Å². The van der Waals surface area contributed by atoms with Crippen LogP contribution in [0.5, 0.6) is 0 Å². The van der Waals surface area contributed by atoms with Gasteiger partial charge in [-0.15, -0.1) is 0 Å². The van der Waals surface area contributed by atoms with Gasteiger partial charge >= 0.3 is 0 Å². The molecule has 154 valence electrons. The van der Waals surface area contributed by atoms with Gasteiger partial charge in [-0.05, 0) is 30.7 Å². The normalized spacial score (nSPS) is 11.3. The number of nitrogens with zero attached hydrogens (tertiary/aromatic N) is 2. The molecule has 1 heterocycles. The molecule has 0 aliphatic rings. The molecular weight excluding hydrogens is 378 g/mol. The maximum Gasteiger partial charge on any atom is 0.258 e. The lowest BCUT2D eigenvalue weighted by Crippen LogP contribution is -2.36. The number of anilines is 1. The predicted molar refractivity (Wildman–Crippen MR) is 120 cm³/mol. The summed E-state index contributed by atoms with van der Waals surface area (Å²) in [5.41, 5.74) is 8.05. The first-order valence-corrected chi connectivity index (χ1v) is 9.96. The number of guanidine groups is 1. The predicted octanol–water partition coefficient (Wildman–Crippen LogP) is 4.13. The fourth-order valence-corrected chi connectivity index (χ4v) is 3.08. The molecule has 2 amide bonds. The van der Waals surface area contributed by atoms with E-state index in [-0.39, 0.29) is 11.9 Å². The van der Waals surface area contributed by atoms with Crippen molar-refractivity contribution in [2.45, 2.75) is 32.6 Å². The molecule has 0 radical (unpaired) electrons. The number of para-hydroxylation sites is 2. The van der Waals surface area contributed by atoms with Gasteiger partial charge in [-0.2, -0.15) is 0 Å². The Balaban J connectivity index is 1.80. The average Bonchev–Trinajstić information content (AvgIpc) is 2.74. The number of amides is 2. The van der Waals surface area contributed by atoms with Crippen molar-refractivity contribution in [3.63, 3.8) is 0 Å². The van der Waals surface area contributed by atoms with Crippen molar-refractivity contribution >= 4 is 40.1 Å². The first-order chi connectivity index (χ1) is 14.6. The van der Waals surface area contributed by atoms with Crippen LogP contribution in [0.15, 0.2) is 65.8 Å². The molecule has 0 unspecified atom stereocenters. The Morgan fingerprint density at radius 1 is 1.03 bits per heavy atom. The molecule has 3 rings (SSSR count). The summed E-state index contributed by atoms with van der Waals surface area (Å²) < 4.78 is 0. The number of nitrogens with two attached hydrogens (primary N) is 1. The summed E-state index contributed by atoms with van der Waals surface area (Å²) >= 11 is 0. The Hall–Kier alpha value is -3.74. The maximum absolute atomic E-state index is 12.8. The molecule has 3 aromatic rings. The van der Waals surface area contributed by atoms with E-state index in [4.69, 9.17) is 5.73 Å². The minimum Gasteiger partial charge on any atom is -0.369 e. The number of fused-ring (bicyclic) bond motifs is 1. The van der Waals surface area contributed by atoms with Gasteiger partial charge in [0.1, 0.15) is 0 Å². The van der Waals surface area contributed by atoms with Crippen LogP contribution in [0.4, 0.5) is 11.4 Å². The Kier molecular flexibility index (Phi) is 7.10. The number of carbonyl (C=O) groups excluding carboxylic acids is 2. The smallest absolute Gasteiger partial charge is 0.258 e. The number of hydrogen-bond donors (Lipinski definition) is 3. The Bertz CT molecular complexity index is 1060. The van der Waals surface area contributed by atoms with E-state index < -0.39 is 5.91 Å². The molecule has 2 aromatic carbocycles. The number of aromatic nitrogens is 1. The van der Waals surface area contributed by atoms with Crippen molar-refractivity contribution in [1.82, 2.24) is 10.3 Å². The number of rotatable bonds is 7. The monoisotopic (exact) mass is 403 g/mol. The summed E-state index contributed by atoms with van der Waals surface area (Å²) in [6, 6.07) is 16.1. The number of carbonyl (C=O) groups is 2. The van der Waals surface area contributed by atoms with Crippen molar-refractivity contribution in [2.24, 2.45) is 10.7 Å². The second kappa shape index (κ2) is 10.2. The van der Waals surface area contributed by atoms with Crippen LogP contribution in [0, 0.1) is 0 Å². The van der Waals surface area contributed by atoms with E-state index >= 15 is 0 Å². The van der Waals surface area contributed by atoms with Gasteiger partial charge in [0.2, 0.25) is 11.9 Å². The third-order valence-electron chi connectivity index (χ3n) is 4.54. The van der Waals surface area contributed by atoms with Gasteiger partial charge in [-0.3, -0.25) is 19.9 Å². The second-order valence-corrected chi connectivity index (χ2v) is 6.85. The number of nitrogens with one attached hydrogen (secondary N) is 2. The first-order valence-electron chi connectivity index (χ1n) is 9.96. The second-order valence-electron chi connectivity index (χ2n) is 6.85. The van der Waals surface area contributed by atoms with Gasteiger partial charge in [0.05, 0.1) is 22.5 Å². The maximum atomic E-state index is 12.8. The van der Waals surface area contributed by atoms with Crippen LogP contribution in [-0.2, 0) is 4.79 Å². The summed E-state index contributed by atoms with van der Waals surface area (Å²) in [6.07, 6.45) is 4.90. The van der Waals surface area contributed by atoms with Crippen LogP contribution in [0.3, 0.4) is 0 Å². The number of hydrogen-bond acceptors (Lipinski definition) is 4. The average molecular weight is 403 g/mol. The standard InChI is InChI=1S/C23H25N5O2/c1-2-3-5-13-20(29)27-19-12-8-11-17-18(14-15-25-21(17)19)22(30)28-23(24)26-16-9-6-4-7-10-16/h4,6-12,14-15H,2-3,5,13H2,1H3,(H,27,29)(H3,24,26,28,30). The zero-order valence-electron chi connectivity index (χ0n) is 16.9. The van der Waals surface area contributed by atoms with Gasteiger partial charge in [0, 0.05) is 18.0 Å². The van der Waals surface area contributed by atoms with E-state index in [1.54, 1.807) is 36.4 Å². The minimum absolute atomic E-state index is 0.00320. The zero-order chi connectivity index (χ0) is 21.3. The van der Waals surface area contributed by atoms with Crippen LogP contribution in [0.25, 0.3) is 10.9 Å². The van der Waals surface area contributed by atoms with Crippen LogP contribution in [0.1, 0.15) is 43.0 Å². The minimum atomic E-state index is -0.397. The summed E-state index contributed by atoms with van der Waals surface area (Å²) in [7, 11) is 0. The third-order valence-corrected chi connectivity index (χ3v) is 4.54. The van der Waals surface area contributed by atoms with Crippen molar-refractivity contribution < 1.29 is 9.59 Å². The largest absolute Gasteiger partial charge is 0.369 e. The number of benzene rings is 2. The molecule has 7 heteroatoms. The lowest BCUT2D eigenvalue weighted by atomic mass is 10.1. The Morgan fingerprint density at radius 2 is 1.83 bits per heavy atom. The van der Waals surface area contributed by atoms with Crippen molar-refractivity contribution in [1.29, 1.82) is 0 Å². The summed E-state index contributed by atoms with van der Waals surface area (Å²) in [5, 5.41) is 6.13. The molecule has 0 saturated carbocycles. The Morgan fingerprint density at radius 3 is 2.60 bits per heavy atom. The molecular formula is C23H25N5O2.